The Morgan fingerprint density at radius 3 is 1.40 bits per heavy atom. The first-order chi connectivity index (χ1) is 20.0. The summed E-state index contributed by atoms with van der Waals surface area (Å²) in [6.45, 7) is 3.52. The average molecular weight is 589 g/mol. The van der Waals surface area contributed by atoms with E-state index in [2.05, 4.69) is 10.6 Å². The lowest BCUT2D eigenvalue weighted by Crippen LogP contribution is -2.59. The SMILES string of the molecule is CC1(Nc2ccccc2[N+](=O)[O-])CCN(C(CF)C(=O)C(CF)N2CCC(C)(Nc3ccccc3[N+](=O)[O-])CC2)CC1. The number of rotatable bonds is 12. The van der Waals surface area contributed by atoms with Crippen LogP contribution in [0.2, 0.25) is 0 Å². The molecule has 0 bridgehead atoms. The first-order valence-electron chi connectivity index (χ1n) is 14.2. The minimum Gasteiger partial charge on any atom is -0.374 e. The highest BCUT2D eigenvalue weighted by molar-refractivity contribution is 5.89. The topological polar surface area (TPSA) is 134 Å². The van der Waals surface area contributed by atoms with Gasteiger partial charge in [0.1, 0.15) is 24.7 Å². The number of nitro groups is 2. The van der Waals surface area contributed by atoms with Crippen LogP contribution in [-0.2, 0) is 4.79 Å². The van der Waals surface area contributed by atoms with Crippen molar-refractivity contribution in [2.45, 2.75) is 62.7 Å². The van der Waals surface area contributed by atoms with Gasteiger partial charge in [-0.2, -0.15) is 0 Å². The van der Waals surface area contributed by atoms with Crippen molar-refractivity contribution in [3.8, 4) is 0 Å². The molecular formula is C29H38F2N6O5. The Morgan fingerprint density at radius 1 is 0.762 bits per heavy atom. The molecule has 228 valence electrons. The highest BCUT2D eigenvalue weighted by atomic mass is 19.1. The number of likely N-dealkylation sites (tertiary alicyclic amines) is 2. The molecule has 2 aromatic carbocycles. The first-order valence-corrected chi connectivity index (χ1v) is 14.2. The molecule has 11 nitrogen and oxygen atoms in total. The van der Waals surface area contributed by atoms with Crippen LogP contribution < -0.4 is 10.6 Å². The first kappa shape index (κ1) is 31.2. The van der Waals surface area contributed by atoms with Crippen LogP contribution in [-0.4, -0.2) is 88.1 Å². The maximum Gasteiger partial charge on any atom is 0.292 e. The van der Waals surface area contributed by atoms with Crippen molar-refractivity contribution < 1.29 is 23.4 Å². The van der Waals surface area contributed by atoms with Crippen molar-refractivity contribution in [3.63, 3.8) is 0 Å². The molecule has 0 aromatic heterocycles. The molecule has 2 heterocycles. The molecule has 2 N–H and O–H groups in total. The van der Waals surface area contributed by atoms with Crippen LogP contribution in [0.3, 0.4) is 0 Å². The number of halogens is 2. The Hall–Kier alpha value is -3.71. The number of hydrogen-bond donors (Lipinski definition) is 2. The number of benzene rings is 2. The van der Waals surface area contributed by atoms with Gasteiger partial charge in [0.15, 0.2) is 5.78 Å². The van der Waals surface area contributed by atoms with Crippen molar-refractivity contribution in [3.05, 3.63) is 68.8 Å². The molecule has 2 aliphatic heterocycles. The van der Waals surface area contributed by atoms with E-state index in [1.165, 1.54) is 12.1 Å². The summed E-state index contributed by atoms with van der Waals surface area (Å²) in [5, 5.41) is 29.4. The van der Waals surface area contributed by atoms with Crippen molar-refractivity contribution in [1.82, 2.24) is 9.80 Å². The monoisotopic (exact) mass is 588 g/mol. The highest BCUT2D eigenvalue weighted by Crippen LogP contribution is 2.34. The van der Waals surface area contributed by atoms with Gasteiger partial charge in [0.2, 0.25) is 0 Å². The number of alkyl halides is 2. The van der Waals surface area contributed by atoms with Crippen LogP contribution >= 0.6 is 0 Å². The van der Waals surface area contributed by atoms with Gasteiger partial charge in [0.05, 0.1) is 21.9 Å². The van der Waals surface area contributed by atoms with E-state index in [-0.39, 0.29) is 11.4 Å². The van der Waals surface area contributed by atoms with Gasteiger partial charge >= 0.3 is 0 Å². The minimum atomic E-state index is -1.08. The Morgan fingerprint density at radius 2 is 1.10 bits per heavy atom. The van der Waals surface area contributed by atoms with Crippen LogP contribution in [0.15, 0.2) is 48.5 Å². The Kier molecular flexibility index (Phi) is 9.72. The van der Waals surface area contributed by atoms with Crippen molar-refractivity contribution >= 4 is 28.5 Å². The van der Waals surface area contributed by atoms with Crippen LogP contribution in [0.1, 0.15) is 39.5 Å². The van der Waals surface area contributed by atoms with E-state index in [1.807, 2.05) is 13.8 Å². The van der Waals surface area contributed by atoms with Gasteiger partial charge in [-0.25, -0.2) is 8.78 Å². The largest absolute Gasteiger partial charge is 0.374 e. The second-order valence-corrected chi connectivity index (χ2v) is 11.7. The summed E-state index contributed by atoms with van der Waals surface area (Å²) in [5.74, 6) is -0.495. The third-order valence-corrected chi connectivity index (χ3v) is 8.71. The summed E-state index contributed by atoms with van der Waals surface area (Å²) in [6.07, 6.45) is 2.07. The fourth-order valence-electron chi connectivity index (χ4n) is 5.96. The number of carbonyl (C=O) groups is 1. The third kappa shape index (κ3) is 7.01. The maximum absolute atomic E-state index is 14.3. The van der Waals surface area contributed by atoms with Crippen LogP contribution in [0.4, 0.5) is 31.5 Å². The second kappa shape index (κ2) is 13.1. The number of hydrogen-bond acceptors (Lipinski definition) is 9. The summed E-state index contributed by atoms with van der Waals surface area (Å²) >= 11 is 0. The highest BCUT2D eigenvalue weighted by Gasteiger charge is 2.41. The predicted molar refractivity (Wildman–Crippen MR) is 156 cm³/mol. The molecular weight excluding hydrogens is 550 g/mol. The van der Waals surface area contributed by atoms with E-state index in [0.717, 1.165) is 0 Å². The zero-order valence-electron chi connectivity index (χ0n) is 23.9. The molecule has 2 atom stereocenters. The minimum absolute atomic E-state index is 0.0291. The van der Waals surface area contributed by atoms with Crippen molar-refractivity contribution in [1.29, 1.82) is 0 Å². The van der Waals surface area contributed by atoms with Crippen LogP contribution in [0.25, 0.3) is 0 Å². The lowest BCUT2D eigenvalue weighted by Gasteiger charge is -2.45. The molecule has 2 aliphatic rings. The lowest BCUT2D eigenvalue weighted by molar-refractivity contribution is -0.384. The predicted octanol–water partition coefficient (Wildman–Crippen LogP) is 4.98. The number of nitro benzene ring substituents is 2. The second-order valence-electron chi connectivity index (χ2n) is 11.7. The standard InChI is InChI=1S/C29H38F2N6O5/c1-28(32-21-7-3-5-9-23(21)36(39)40)11-15-34(16-12-28)25(19-30)27(38)26(20-31)35-17-13-29(2,14-18-35)33-22-8-4-6-10-24(22)37(41)42/h3-10,25-26,32-33H,11-20H2,1-2H3. The molecule has 0 saturated carbocycles. The molecule has 0 aliphatic carbocycles. The number of nitrogens with one attached hydrogen (secondary N) is 2. The van der Waals surface area contributed by atoms with Gasteiger partial charge < -0.3 is 10.6 Å². The molecule has 0 spiro atoms. The van der Waals surface area contributed by atoms with Gasteiger partial charge in [-0.3, -0.25) is 34.8 Å². The van der Waals surface area contributed by atoms with Gasteiger partial charge in [0, 0.05) is 49.4 Å². The lowest BCUT2D eigenvalue weighted by atomic mass is 9.86. The molecule has 42 heavy (non-hydrogen) atoms. The van der Waals surface area contributed by atoms with Crippen molar-refractivity contribution in [2.24, 2.45) is 0 Å². The number of ketones is 1. The van der Waals surface area contributed by atoms with E-state index in [0.29, 0.717) is 63.2 Å². The summed E-state index contributed by atoms with van der Waals surface area (Å²) < 4.78 is 28.7. The Labute approximate surface area is 243 Å². The smallest absolute Gasteiger partial charge is 0.292 e. The molecule has 2 unspecified atom stereocenters. The molecule has 4 rings (SSSR count). The average Bonchev–Trinajstić information content (AvgIpc) is 2.96. The number of para-hydroxylation sites is 4. The molecule has 0 radical (unpaired) electrons. The van der Waals surface area contributed by atoms with Crippen LogP contribution in [0, 0.1) is 20.2 Å². The summed E-state index contributed by atoms with van der Waals surface area (Å²) in [6, 6.07) is 10.6. The van der Waals surface area contributed by atoms with E-state index >= 15 is 0 Å². The maximum atomic E-state index is 14.3. The quantitative estimate of drug-likeness (QED) is 0.260. The molecule has 2 aromatic rings. The zero-order chi connectivity index (χ0) is 30.5. The fraction of sp³-hybridized carbons (Fsp3) is 0.552. The van der Waals surface area contributed by atoms with E-state index in [4.69, 9.17) is 0 Å². The molecule has 13 heteroatoms. The summed E-state index contributed by atoms with van der Waals surface area (Å²) in [5.41, 5.74) is -0.240. The summed E-state index contributed by atoms with van der Waals surface area (Å²) in [7, 11) is 0. The Balaban J connectivity index is 1.36. The number of carbonyl (C=O) groups excluding carboxylic acids is 1. The van der Waals surface area contributed by atoms with E-state index < -0.39 is 52.1 Å². The molecule has 2 saturated heterocycles. The van der Waals surface area contributed by atoms with Crippen LogP contribution in [0.5, 0.6) is 0 Å². The number of anilines is 2. The van der Waals surface area contributed by atoms with Gasteiger partial charge in [-0.1, -0.05) is 24.3 Å². The number of piperidine rings is 2. The third-order valence-electron chi connectivity index (χ3n) is 8.71. The normalized spacial score (nSPS) is 20.3. The van der Waals surface area contributed by atoms with E-state index in [9.17, 15) is 33.8 Å². The summed E-state index contributed by atoms with van der Waals surface area (Å²) in [4.78, 5) is 38.9. The Bertz CT molecular complexity index is 1190. The zero-order valence-corrected chi connectivity index (χ0v) is 23.9. The number of Topliss-reactive ketones (excluding diaryl/α,β-unsaturated/α-hetero) is 1. The van der Waals surface area contributed by atoms with Gasteiger partial charge in [0.25, 0.3) is 11.4 Å². The molecule has 0 amide bonds. The van der Waals surface area contributed by atoms with E-state index in [1.54, 1.807) is 46.2 Å². The molecule has 2 fully saturated rings. The van der Waals surface area contributed by atoms with Gasteiger partial charge in [-0.15, -0.1) is 0 Å². The van der Waals surface area contributed by atoms with Crippen molar-refractivity contribution in [2.75, 3.05) is 50.2 Å². The number of nitrogens with zero attached hydrogens (tertiary/aromatic N) is 4. The fourth-order valence-corrected chi connectivity index (χ4v) is 5.96. The van der Waals surface area contributed by atoms with Gasteiger partial charge in [-0.05, 0) is 51.7 Å².